The smallest absolute Gasteiger partial charge is 0.252 e. The fraction of sp³-hybridized carbons (Fsp3) is 0.348. The summed E-state index contributed by atoms with van der Waals surface area (Å²) < 4.78 is 0. The third-order valence-corrected chi connectivity index (χ3v) is 5.28. The van der Waals surface area contributed by atoms with Crippen LogP contribution in [0.1, 0.15) is 35.2 Å². The van der Waals surface area contributed by atoms with Gasteiger partial charge in [0.15, 0.2) is 0 Å². The van der Waals surface area contributed by atoms with Gasteiger partial charge in [-0.25, -0.2) is 0 Å². The molecule has 0 unspecified atom stereocenters. The first-order chi connectivity index (χ1) is 15.1. The van der Waals surface area contributed by atoms with E-state index in [9.17, 15) is 19.2 Å². The van der Waals surface area contributed by atoms with Crippen molar-refractivity contribution in [2.45, 2.75) is 37.8 Å². The standard InChI is InChI=1S/C23H26N4O4/c28-15-19(14-18-7-4-10-25-21(18)29)26-23(31)20(13-16-5-2-1-3-6-16)27-22(30)17-8-11-24-12-9-17/h1-3,5-6,8-9,11-12,15,18-20H,4,7,10,13-14H2,(H,25,29)(H,26,31)(H,27,30)/t18-,19-,20-/m0/s1. The van der Waals surface area contributed by atoms with Crippen molar-refractivity contribution < 1.29 is 19.2 Å². The van der Waals surface area contributed by atoms with Crippen LogP contribution in [0.3, 0.4) is 0 Å². The van der Waals surface area contributed by atoms with Crippen LogP contribution in [0.2, 0.25) is 0 Å². The number of nitrogens with zero attached hydrogens (tertiary/aromatic N) is 1. The zero-order valence-corrected chi connectivity index (χ0v) is 17.1. The first kappa shape index (κ1) is 22.1. The van der Waals surface area contributed by atoms with Gasteiger partial charge in [-0.2, -0.15) is 0 Å². The van der Waals surface area contributed by atoms with Crippen LogP contribution in [0.25, 0.3) is 0 Å². The molecule has 8 nitrogen and oxygen atoms in total. The molecule has 1 aliphatic rings. The summed E-state index contributed by atoms with van der Waals surface area (Å²) in [5.74, 6) is -1.30. The number of hydrogen-bond acceptors (Lipinski definition) is 5. The van der Waals surface area contributed by atoms with E-state index in [1.165, 1.54) is 12.4 Å². The minimum Gasteiger partial charge on any atom is -0.356 e. The summed E-state index contributed by atoms with van der Waals surface area (Å²) in [6.45, 7) is 0.633. The van der Waals surface area contributed by atoms with E-state index >= 15 is 0 Å². The number of pyridine rings is 1. The van der Waals surface area contributed by atoms with Crippen LogP contribution in [-0.2, 0) is 20.8 Å². The lowest BCUT2D eigenvalue weighted by Gasteiger charge is -2.26. The second-order valence-electron chi connectivity index (χ2n) is 7.57. The van der Waals surface area contributed by atoms with Gasteiger partial charge in [-0.05, 0) is 37.0 Å². The quantitative estimate of drug-likeness (QED) is 0.522. The molecule has 0 aliphatic carbocycles. The Morgan fingerprint density at radius 1 is 1.13 bits per heavy atom. The van der Waals surface area contributed by atoms with E-state index in [4.69, 9.17) is 0 Å². The summed E-state index contributed by atoms with van der Waals surface area (Å²) in [7, 11) is 0. The van der Waals surface area contributed by atoms with E-state index in [1.54, 1.807) is 12.1 Å². The van der Waals surface area contributed by atoms with E-state index < -0.39 is 23.9 Å². The van der Waals surface area contributed by atoms with Crippen LogP contribution >= 0.6 is 0 Å². The Morgan fingerprint density at radius 3 is 2.55 bits per heavy atom. The predicted octanol–water partition coefficient (Wildman–Crippen LogP) is 1.02. The fourth-order valence-electron chi connectivity index (χ4n) is 3.60. The van der Waals surface area contributed by atoms with Crippen LogP contribution in [0, 0.1) is 5.92 Å². The monoisotopic (exact) mass is 422 g/mol. The molecule has 0 bridgehead atoms. The molecule has 1 aromatic carbocycles. The average Bonchev–Trinajstić information content (AvgIpc) is 2.80. The SMILES string of the molecule is O=C[C@H](C[C@@H]1CCCNC1=O)NC(=O)[C@H](Cc1ccccc1)NC(=O)c1ccncc1. The number of rotatable bonds is 9. The van der Waals surface area contributed by atoms with Gasteiger partial charge in [0.2, 0.25) is 11.8 Å². The van der Waals surface area contributed by atoms with Crippen LogP contribution in [0.5, 0.6) is 0 Å². The van der Waals surface area contributed by atoms with Gasteiger partial charge in [0.1, 0.15) is 12.3 Å². The minimum absolute atomic E-state index is 0.0980. The van der Waals surface area contributed by atoms with Crippen molar-refractivity contribution in [3.63, 3.8) is 0 Å². The number of nitrogens with one attached hydrogen (secondary N) is 3. The Labute approximate surface area is 180 Å². The van der Waals surface area contributed by atoms with E-state index in [0.717, 1.165) is 12.0 Å². The average molecular weight is 422 g/mol. The van der Waals surface area contributed by atoms with Crippen molar-refractivity contribution in [1.29, 1.82) is 0 Å². The molecule has 1 aliphatic heterocycles. The molecule has 1 saturated heterocycles. The molecular weight excluding hydrogens is 396 g/mol. The number of amides is 3. The van der Waals surface area contributed by atoms with Gasteiger partial charge in [-0.15, -0.1) is 0 Å². The highest BCUT2D eigenvalue weighted by Gasteiger charge is 2.29. The molecular formula is C23H26N4O4. The van der Waals surface area contributed by atoms with Gasteiger partial charge in [-0.3, -0.25) is 19.4 Å². The Balaban J connectivity index is 1.70. The molecule has 0 saturated carbocycles. The second kappa shape index (κ2) is 11.0. The van der Waals surface area contributed by atoms with Gasteiger partial charge < -0.3 is 20.7 Å². The molecule has 1 aromatic heterocycles. The molecule has 2 heterocycles. The molecule has 3 N–H and O–H groups in total. The number of piperidine rings is 1. The molecule has 2 aromatic rings. The second-order valence-corrected chi connectivity index (χ2v) is 7.57. The van der Waals surface area contributed by atoms with Gasteiger partial charge in [-0.1, -0.05) is 30.3 Å². The highest BCUT2D eigenvalue weighted by molar-refractivity contribution is 5.97. The molecule has 0 radical (unpaired) electrons. The lowest BCUT2D eigenvalue weighted by atomic mass is 9.92. The molecule has 3 rings (SSSR count). The van der Waals surface area contributed by atoms with Crippen molar-refractivity contribution >= 4 is 24.0 Å². The summed E-state index contributed by atoms with van der Waals surface area (Å²) >= 11 is 0. The predicted molar refractivity (Wildman–Crippen MR) is 114 cm³/mol. The normalized spacial score (nSPS) is 17.7. The molecule has 162 valence electrons. The summed E-state index contributed by atoms with van der Waals surface area (Å²) in [5, 5.41) is 8.23. The first-order valence-electron chi connectivity index (χ1n) is 10.3. The molecule has 8 heteroatoms. The van der Waals surface area contributed by atoms with Crippen molar-refractivity contribution in [3.8, 4) is 0 Å². The van der Waals surface area contributed by atoms with E-state index in [2.05, 4.69) is 20.9 Å². The summed E-state index contributed by atoms with van der Waals surface area (Å²) in [6.07, 6.45) is 5.66. The fourth-order valence-corrected chi connectivity index (χ4v) is 3.60. The largest absolute Gasteiger partial charge is 0.356 e. The maximum absolute atomic E-state index is 13.0. The Bertz CT molecular complexity index is 904. The Hall–Kier alpha value is -3.55. The Morgan fingerprint density at radius 2 is 1.87 bits per heavy atom. The highest BCUT2D eigenvalue weighted by atomic mass is 16.2. The van der Waals surface area contributed by atoms with Crippen molar-refractivity contribution in [2.75, 3.05) is 6.54 Å². The summed E-state index contributed by atoms with van der Waals surface area (Å²) in [4.78, 5) is 53.1. The number of aldehydes is 1. The molecule has 31 heavy (non-hydrogen) atoms. The van der Waals surface area contributed by atoms with Crippen molar-refractivity contribution in [2.24, 2.45) is 5.92 Å². The minimum atomic E-state index is -0.884. The maximum atomic E-state index is 13.0. The van der Waals surface area contributed by atoms with Crippen LogP contribution in [0.15, 0.2) is 54.9 Å². The van der Waals surface area contributed by atoms with Crippen LogP contribution < -0.4 is 16.0 Å². The van der Waals surface area contributed by atoms with Crippen molar-refractivity contribution in [1.82, 2.24) is 20.9 Å². The number of carbonyl (C=O) groups excluding carboxylic acids is 4. The first-order valence-corrected chi connectivity index (χ1v) is 10.3. The number of aromatic nitrogens is 1. The third-order valence-electron chi connectivity index (χ3n) is 5.28. The maximum Gasteiger partial charge on any atom is 0.252 e. The van der Waals surface area contributed by atoms with Crippen LogP contribution in [0.4, 0.5) is 0 Å². The van der Waals surface area contributed by atoms with E-state index in [0.29, 0.717) is 24.8 Å². The molecule has 3 amide bonds. The third kappa shape index (κ3) is 6.47. The van der Waals surface area contributed by atoms with Gasteiger partial charge in [0, 0.05) is 36.8 Å². The zero-order valence-electron chi connectivity index (χ0n) is 17.1. The highest BCUT2D eigenvalue weighted by Crippen LogP contribution is 2.17. The van der Waals surface area contributed by atoms with Crippen LogP contribution in [-0.4, -0.2) is 47.6 Å². The number of carbonyl (C=O) groups is 4. The van der Waals surface area contributed by atoms with E-state index in [-0.39, 0.29) is 24.7 Å². The lowest BCUT2D eigenvalue weighted by molar-refractivity contribution is -0.129. The Kier molecular flexibility index (Phi) is 7.86. The summed E-state index contributed by atoms with van der Waals surface area (Å²) in [5.41, 5.74) is 1.25. The van der Waals surface area contributed by atoms with E-state index in [1.807, 2.05) is 30.3 Å². The van der Waals surface area contributed by atoms with Gasteiger partial charge >= 0.3 is 0 Å². The van der Waals surface area contributed by atoms with Gasteiger partial charge in [0.25, 0.3) is 5.91 Å². The van der Waals surface area contributed by atoms with Crippen molar-refractivity contribution in [3.05, 3.63) is 66.0 Å². The molecule has 0 spiro atoms. The number of hydrogen-bond donors (Lipinski definition) is 3. The topological polar surface area (TPSA) is 117 Å². The number of benzene rings is 1. The zero-order chi connectivity index (χ0) is 22.1. The lowest BCUT2D eigenvalue weighted by Crippen LogP contribution is -2.52. The molecule has 1 fully saturated rings. The molecule has 3 atom stereocenters. The van der Waals surface area contributed by atoms with Gasteiger partial charge in [0.05, 0.1) is 6.04 Å². The summed E-state index contributed by atoms with van der Waals surface area (Å²) in [6, 6.07) is 10.7.